The van der Waals surface area contributed by atoms with E-state index in [1.54, 1.807) is 16.8 Å². The number of benzene rings is 2. The molecule has 4 rings (SSSR count). The normalized spacial score (nSPS) is 19.3. The van der Waals surface area contributed by atoms with Gasteiger partial charge < -0.3 is 26.0 Å². The van der Waals surface area contributed by atoms with Gasteiger partial charge in [-0.3, -0.25) is 15.0 Å². The first-order valence-corrected chi connectivity index (χ1v) is 15.4. The zero-order chi connectivity index (χ0) is 30.8. The first-order chi connectivity index (χ1) is 20.6. The van der Waals surface area contributed by atoms with E-state index in [1.807, 2.05) is 6.26 Å². The van der Waals surface area contributed by atoms with Crippen molar-refractivity contribution in [3.8, 4) is 0 Å². The Kier molecular flexibility index (Phi) is 11.7. The molecular weight excluding hydrogens is 585 g/mol. The Morgan fingerprint density at radius 2 is 1.70 bits per heavy atom. The lowest BCUT2D eigenvalue weighted by Gasteiger charge is -2.33. The lowest BCUT2D eigenvalue weighted by Crippen LogP contribution is -2.53. The molecule has 234 valence electrons. The van der Waals surface area contributed by atoms with E-state index in [-0.39, 0.29) is 17.8 Å². The summed E-state index contributed by atoms with van der Waals surface area (Å²) in [5.74, 6) is -1.38. The number of ether oxygens (including phenoxy) is 1. The SMILES string of the molecule is CSc1ccc(CNC2CCCCC2NC(=O)CNC(=O)c2cc(C(F)(F)F)ccc2NC(=O)NN2CCOCC2)cc1. The molecule has 2 atom stereocenters. The number of hydrogen-bond donors (Lipinski definition) is 5. The second kappa shape index (κ2) is 15.4. The van der Waals surface area contributed by atoms with E-state index in [2.05, 4.69) is 51.0 Å². The van der Waals surface area contributed by atoms with Gasteiger partial charge in [0.05, 0.1) is 36.6 Å². The molecule has 0 aromatic heterocycles. The molecule has 1 saturated heterocycles. The van der Waals surface area contributed by atoms with Crippen molar-refractivity contribution < 1.29 is 32.3 Å². The quantitative estimate of drug-likeness (QED) is 0.256. The molecule has 1 aliphatic heterocycles. The maximum Gasteiger partial charge on any atom is 0.416 e. The third kappa shape index (κ3) is 9.85. The Labute approximate surface area is 252 Å². The fourth-order valence-corrected chi connectivity index (χ4v) is 5.45. The summed E-state index contributed by atoms with van der Waals surface area (Å²) in [6, 6.07) is 9.87. The van der Waals surface area contributed by atoms with Crippen molar-refractivity contribution in [1.82, 2.24) is 26.4 Å². The van der Waals surface area contributed by atoms with Crippen molar-refractivity contribution in [3.63, 3.8) is 0 Å². The van der Waals surface area contributed by atoms with Gasteiger partial charge in [-0.25, -0.2) is 9.80 Å². The minimum absolute atomic E-state index is 0.0397. The number of nitrogens with zero attached hydrogens (tertiary/aromatic N) is 1. The molecule has 0 radical (unpaired) electrons. The highest BCUT2D eigenvalue weighted by atomic mass is 32.2. The Morgan fingerprint density at radius 3 is 2.37 bits per heavy atom. The number of carbonyl (C=O) groups excluding carboxylic acids is 3. The molecule has 2 fully saturated rings. The summed E-state index contributed by atoms with van der Waals surface area (Å²) in [6.07, 6.45) is 0.933. The number of nitrogens with one attached hydrogen (secondary N) is 5. The van der Waals surface area contributed by atoms with Crippen molar-refractivity contribution >= 4 is 35.3 Å². The summed E-state index contributed by atoms with van der Waals surface area (Å²) in [4.78, 5) is 39.5. The number of urea groups is 1. The van der Waals surface area contributed by atoms with E-state index in [4.69, 9.17) is 4.74 Å². The zero-order valence-electron chi connectivity index (χ0n) is 23.9. The Balaban J connectivity index is 1.34. The molecule has 2 aromatic carbocycles. The van der Waals surface area contributed by atoms with Crippen molar-refractivity contribution in [1.29, 1.82) is 0 Å². The maximum atomic E-state index is 13.4. The number of halogens is 3. The van der Waals surface area contributed by atoms with Gasteiger partial charge in [0, 0.05) is 36.6 Å². The van der Waals surface area contributed by atoms with Gasteiger partial charge in [-0.1, -0.05) is 25.0 Å². The van der Waals surface area contributed by atoms with E-state index in [0.29, 0.717) is 38.9 Å². The largest absolute Gasteiger partial charge is 0.416 e. The summed E-state index contributed by atoms with van der Waals surface area (Å²) < 4.78 is 45.5. The average molecular weight is 623 g/mol. The van der Waals surface area contributed by atoms with Gasteiger partial charge in [0.2, 0.25) is 5.91 Å². The molecule has 2 unspecified atom stereocenters. The van der Waals surface area contributed by atoms with Crippen LogP contribution in [0.4, 0.5) is 23.7 Å². The minimum Gasteiger partial charge on any atom is -0.379 e. The van der Waals surface area contributed by atoms with Crippen LogP contribution in [0.25, 0.3) is 0 Å². The van der Waals surface area contributed by atoms with Crippen molar-refractivity contribution in [2.24, 2.45) is 0 Å². The van der Waals surface area contributed by atoms with Crippen LogP contribution in [0.15, 0.2) is 47.4 Å². The first-order valence-electron chi connectivity index (χ1n) is 14.2. The van der Waals surface area contributed by atoms with Gasteiger partial charge in [-0.15, -0.1) is 11.8 Å². The number of carbonyl (C=O) groups is 3. The molecule has 2 aliphatic rings. The van der Waals surface area contributed by atoms with Crippen LogP contribution in [0.5, 0.6) is 0 Å². The van der Waals surface area contributed by atoms with Crippen LogP contribution < -0.4 is 26.7 Å². The molecule has 4 amide bonds. The summed E-state index contributed by atoms with van der Waals surface area (Å²) in [5, 5.41) is 12.9. The number of thioether (sulfide) groups is 1. The highest BCUT2D eigenvalue weighted by Gasteiger charge is 2.32. The number of anilines is 1. The number of hydrogen-bond acceptors (Lipinski definition) is 7. The van der Waals surface area contributed by atoms with Crippen LogP contribution in [0.2, 0.25) is 0 Å². The Morgan fingerprint density at radius 1 is 1.00 bits per heavy atom. The lowest BCUT2D eigenvalue weighted by molar-refractivity contribution is -0.137. The number of amides is 4. The summed E-state index contributed by atoms with van der Waals surface area (Å²) in [7, 11) is 0. The predicted octanol–water partition coefficient (Wildman–Crippen LogP) is 3.74. The first kappa shape index (κ1) is 32.6. The van der Waals surface area contributed by atoms with Crippen LogP contribution in [0.3, 0.4) is 0 Å². The van der Waals surface area contributed by atoms with E-state index in [1.165, 1.54) is 4.90 Å². The Bertz CT molecular complexity index is 1260. The molecule has 1 aliphatic carbocycles. The topological polar surface area (TPSA) is 124 Å². The van der Waals surface area contributed by atoms with Crippen LogP contribution in [-0.2, 0) is 22.3 Å². The van der Waals surface area contributed by atoms with Crippen LogP contribution >= 0.6 is 11.8 Å². The monoisotopic (exact) mass is 622 g/mol. The molecule has 43 heavy (non-hydrogen) atoms. The second-order valence-electron chi connectivity index (χ2n) is 10.4. The molecule has 1 heterocycles. The zero-order valence-corrected chi connectivity index (χ0v) is 24.7. The summed E-state index contributed by atoms with van der Waals surface area (Å²) in [6.45, 7) is 1.91. The van der Waals surface area contributed by atoms with E-state index >= 15 is 0 Å². The third-order valence-corrected chi connectivity index (χ3v) is 8.10. The standard InChI is InChI=1S/C29H37F3N6O4S/c1-43-21-9-6-19(7-10-21)17-33-24-4-2-3-5-25(24)35-26(39)18-34-27(40)22-16-20(29(30,31)32)8-11-23(22)36-28(41)37-38-12-14-42-15-13-38/h6-11,16,24-25,33H,2-5,12-15,17-18H2,1H3,(H,34,40)(H,35,39)(H2,36,37,41). The molecular formula is C29H37F3N6O4S. The fraction of sp³-hybridized carbons (Fsp3) is 0.483. The third-order valence-electron chi connectivity index (χ3n) is 7.36. The van der Waals surface area contributed by atoms with Gasteiger partial charge in [0.25, 0.3) is 5.91 Å². The molecule has 5 N–H and O–H groups in total. The summed E-state index contributed by atoms with van der Waals surface area (Å²) >= 11 is 1.67. The number of hydrazine groups is 1. The van der Waals surface area contributed by atoms with Gasteiger partial charge in [0.1, 0.15) is 0 Å². The van der Waals surface area contributed by atoms with Gasteiger partial charge >= 0.3 is 12.2 Å². The van der Waals surface area contributed by atoms with E-state index < -0.39 is 41.7 Å². The molecule has 0 spiro atoms. The molecule has 14 heteroatoms. The number of morpholine rings is 1. The smallest absolute Gasteiger partial charge is 0.379 e. The lowest BCUT2D eigenvalue weighted by atomic mass is 9.90. The van der Waals surface area contributed by atoms with Crippen LogP contribution in [0, 0.1) is 0 Å². The minimum atomic E-state index is -4.71. The van der Waals surface area contributed by atoms with Crippen molar-refractivity contribution in [3.05, 3.63) is 59.2 Å². The maximum absolute atomic E-state index is 13.4. The van der Waals surface area contributed by atoms with Crippen molar-refractivity contribution in [2.75, 3.05) is 44.4 Å². The molecule has 10 nitrogen and oxygen atoms in total. The van der Waals surface area contributed by atoms with Gasteiger partial charge in [-0.05, 0) is 55.0 Å². The second-order valence-corrected chi connectivity index (χ2v) is 11.3. The highest BCUT2D eigenvalue weighted by molar-refractivity contribution is 7.98. The predicted molar refractivity (Wildman–Crippen MR) is 158 cm³/mol. The van der Waals surface area contributed by atoms with Crippen LogP contribution in [0.1, 0.15) is 47.2 Å². The van der Waals surface area contributed by atoms with Gasteiger partial charge in [0.15, 0.2) is 0 Å². The van der Waals surface area contributed by atoms with E-state index in [9.17, 15) is 27.6 Å². The number of alkyl halides is 3. The number of rotatable bonds is 10. The molecule has 2 aromatic rings. The fourth-order valence-electron chi connectivity index (χ4n) is 5.04. The van der Waals surface area contributed by atoms with E-state index in [0.717, 1.165) is 43.4 Å². The molecule has 1 saturated carbocycles. The Hall–Kier alpha value is -3.33. The highest BCUT2D eigenvalue weighted by Crippen LogP contribution is 2.32. The van der Waals surface area contributed by atoms with Crippen LogP contribution in [-0.4, -0.2) is 74.0 Å². The summed E-state index contributed by atoms with van der Waals surface area (Å²) in [5.41, 5.74) is 2.12. The molecule has 0 bridgehead atoms. The van der Waals surface area contributed by atoms with Crippen molar-refractivity contribution in [2.45, 2.75) is 55.4 Å². The average Bonchev–Trinajstić information content (AvgIpc) is 3.00. The van der Waals surface area contributed by atoms with Gasteiger partial charge in [-0.2, -0.15) is 13.2 Å².